The monoisotopic (exact) mass is 316 g/mol. The Morgan fingerprint density at radius 1 is 1.14 bits per heavy atom. The summed E-state index contributed by atoms with van der Waals surface area (Å²) in [6.45, 7) is 0. The van der Waals surface area contributed by atoms with Gasteiger partial charge in [-0.05, 0) is 30.3 Å². The Morgan fingerprint density at radius 3 is 2.67 bits per heavy atom. The summed E-state index contributed by atoms with van der Waals surface area (Å²) in [5.41, 5.74) is 1.09. The van der Waals surface area contributed by atoms with E-state index in [1.807, 2.05) is 12.1 Å². The molecule has 21 heavy (non-hydrogen) atoms. The molecular formula is C15H9FN2OS2. The second kappa shape index (κ2) is 6.15. The van der Waals surface area contributed by atoms with Crippen LogP contribution >= 0.6 is 23.1 Å². The molecule has 0 N–H and O–H groups in total. The molecule has 3 nitrogen and oxygen atoms in total. The molecule has 104 valence electrons. The Balaban J connectivity index is 2.06. The number of nitrogens with zero attached hydrogens (tertiary/aromatic N) is 2. The van der Waals surface area contributed by atoms with E-state index in [4.69, 9.17) is 0 Å². The molecule has 0 bridgehead atoms. The maximum Gasteiger partial charge on any atom is 0.220 e. The van der Waals surface area contributed by atoms with Crippen LogP contribution in [0.5, 0.6) is 0 Å². The molecule has 0 radical (unpaired) electrons. The van der Waals surface area contributed by atoms with Gasteiger partial charge in [-0.3, -0.25) is 9.78 Å². The van der Waals surface area contributed by atoms with Crippen molar-refractivity contribution in [1.82, 2.24) is 9.97 Å². The summed E-state index contributed by atoms with van der Waals surface area (Å²) in [5.74, 6) is -0.538. The van der Waals surface area contributed by atoms with Gasteiger partial charge in [0.2, 0.25) is 5.95 Å². The normalized spacial score (nSPS) is 10.5. The van der Waals surface area contributed by atoms with Crippen LogP contribution < -0.4 is 0 Å². The first kappa shape index (κ1) is 13.9. The molecule has 3 heterocycles. The minimum atomic E-state index is -0.538. The van der Waals surface area contributed by atoms with Crippen LogP contribution in [0.15, 0.2) is 58.0 Å². The SMILES string of the molecule is O=Cc1cc(-c2cccnc2F)c(Sc2ccncc2)s1. The van der Waals surface area contributed by atoms with Crippen molar-refractivity contribution in [1.29, 1.82) is 0 Å². The van der Waals surface area contributed by atoms with Gasteiger partial charge in [-0.1, -0.05) is 11.8 Å². The number of hydrogen-bond acceptors (Lipinski definition) is 5. The minimum absolute atomic E-state index is 0.401. The number of halogens is 1. The molecule has 0 aliphatic heterocycles. The van der Waals surface area contributed by atoms with Crippen molar-refractivity contribution in [2.24, 2.45) is 0 Å². The van der Waals surface area contributed by atoms with Gasteiger partial charge < -0.3 is 0 Å². The van der Waals surface area contributed by atoms with Crippen molar-refractivity contribution in [2.75, 3.05) is 0 Å². The largest absolute Gasteiger partial charge is 0.297 e. The Kier molecular flexibility index (Phi) is 4.08. The Labute approximate surface area is 128 Å². The third-order valence-electron chi connectivity index (χ3n) is 2.74. The quantitative estimate of drug-likeness (QED) is 0.531. The average Bonchev–Trinajstić information content (AvgIpc) is 2.92. The van der Waals surface area contributed by atoms with E-state index in [1.165, 1.54) is 29.3 Å². The summed E-state index contributed by atoms with van der Waals surface area (Å²) in [5, 5.41) is 0. The Morgan fingerprint density at radius 2 is 1.95 bits per heavy atom. The topological polar surface area (TPSA) is 42.9 Å². The van der Waals surface area contributed by atoms with E-state index in [0.717, 1.165) is 15.4 Å². The molecule has 3 aromatic rings. The van der Waals surface area contributed by atoms with Crippen molar-refractivity contribution in [3.8, 4) is 11.1 Å². The minimum Gasteiger partial charge on any atom is -0.297 e. The van der Waals surface area contributed by atoms with Gasteiger partial charge in [-0.15, -0.1) is 11.3 Å². The average molecular weight is 316 g/mol. The van der Waals surface area contributed by atoms with Crippen molar-refractivity contribution < 1.29 is 9.18 Å². The van der Waals surface area contributed by atoms with Crippen LogP contribution in [0.3, 0.4) is 0 Å². The lowest BCUT2D eigenvalue weighted by molar-refractivity contribution is 0.112. The first-order valence-corrected chi connectivity index (χ1v) is 7.69. The Hall–Kier alpha value is -2.05. The fraction of sp³-hybridized carbons (Fsp3) is 0. The molecule has 3 rings (SSSR count). The lowest BCUT2D eigenvalue weighted by Crippen LogP contribution is -1.87. The molecule has 0 saturated carbocycles. The van der Waals surface area contributed by atoms with Gasteiger partial charge in [0.25, 0.3) is 0 Å². The zero-order valence-corrected chi connectivity index (χ0v) is 12.3. The molecule has 0 spiro atoms. The summed E-state index contributed by atoms with van der Waals surface area (Å²) in [6, 6.07) is 8.77. The van der Waals surface area contributed by atoms with E-state index in [2.05, 4.69) is 9.97 Å². The van der Waals surface area contributed by atoms with Crippen molar-refractivity contribution in [3.05, 3.63) is 59.7 Å². The van der Waals surface area contributed by atoms with E-state index in [9.17, 15) is 9.18 Å². The zero-order valence-electron chi connectivity index (χ0n) is 10.7. The third-order valence-corrected chi connectivity index (χ3v) is 5.01. The number of thiophene rings is 1. The van der Waals surface area contributed by atoms with Gasteiger partial charge in [0.05, 0.1) is 9.09 Å². The molecule has 0 aliphatic carbocycles. The molecule has 0 fully saturated rings. The van der Waals surface area contributed by atoms with Crippen molar-refractivity contribution >= 4 is 29.4 Å². The highest BCUT2D eigenvalue weighted by Gasteiger charge is 2.15. The van der Waals surface area contributed by atoms with Crippen LogP contribution in [0.4, 0.5) is 4.39 Å². The number of rotatable bonds is 4. The van der Waals surface area contributed by atoms with Gasteiger partial charge in [0.15, 0.2) is 6.29 Å². The molecule has 0 aromatic carbocycles. The second-order valence-corrected chi connectivity index (χ2v) is 6.52. The number of pyridine rings is 2. The standard InChI is InChI=1S/C15H9FN2OS2/c16-14-12(2-1-5-18-14)13-8-11(9-19)21-15(13)20-10-3-6-17-7-4-10/h1-9H. The van der Waals surface area contributed by atoms with Gasteiger partial charge in [0, 0.05) is 34.6 Å². The smallest absolute Gasteiger partial charge is 0.220 e. The van der Waals surface area contributed by atoms with Gasteiger partial charge in [-0.25, -0.2) is 4.98 Å². The highest BCUT2D eigenvalue weighted by molar-refractivity contribution is 8.01. The highest BCUT2D eigenvalue weighted by atomic mass is 32.2. The summed E-state index contributed by atoms with van der Waals surface area (Å²) in [6.07, 6.45) is 5.57. The first-order valence-electron chi connectivity index (χ1n) is 6.05. The van der Waals surface area contributed by atoms with Crippen LogP contribution in [0.25, 0.3) is 11.1 Å². The number of carbonyl (C=O) groups is 1. The number of hydrogen-bond donors (Lipinski definition) is 0. The number of aldehydes is 1. The van der Waals surface area contributed by atoms with Gasteiger partial charge in [-0.2, -0.15) is 4.39 Å². The lowest BCUT2D eigenvalue weighted by atomic mass is 10.1. The fourth-order valence-corrected chi connectivity index (χ4v) is 4.03. The molecule has 0 saturated heterocycles. The summed E-state index contributed by atoms with van der Waals surface area (Å²) >= 11 is 2.82. The van der Waals surface area contributed by atoms with Crippen LogP contribution in [0.1, 0.15) is 9.67 Å². The van der Waals surface area contributed by atoms with E-state index in [1.54, 1.807) is 30.6 Å². The van der Waals surface area contributed by atoms with Crippen LogP contribution in [-0.2, 0) is 0 Å². The van der Waals surface area contributed by atoms with Crippen LogP contribution in [0, 0.1) is 5.95 Å². The maximum atomic E-state index is 13.9. The molecule has 0 unspecified atom stereocenters. The molecular weight excluding hydrogens is 307 g/mol. The molecule has 6 heteroatoms. The van der Waals surface area contributed by atoms with Crippen molar-refractivity contribution in [3.63, 3.8) is 0 Å². The van der Waals surface area contributed by atoms with E-state index in [0.29, 0.717) is 16.0 Å². The predicted octanol–water partition coefficient (Wildman–Crippen LogP) is 4.31. The van der Waals surface area contributed by atoms with Gasteiger partial charge >= 0.3 is 0 Å². The maximum absolute atomic E-state index is 13.9. The molecule has 0 atom stereocenters. The van der Waals surface area contributed by atoms with E-state index >= 15 is 0 Å². The predicted molar refractivity (Wildman–Crippen MR) is 81.3 cm³/mol. The first-order chi connectivity index (χ1) is 10.3. The highest BCUT2D eigenvalue weighted by Crippen LogP contribution is 2.42. The number of carbonyl (C=O) groups excluding carboxylic acids is 1. The zero-order chi connectivity index (χ0) is 14.7. The van der Waals surface area contributed by atoms with E-state index < -0.39 is 5.95 Å². The summed E-state index contributed by atoms with van der Waals surface area (Å²) in [7, 11) is 0. The van der Waals surface area contributed by atoms with E-state index in [-0.39, 0.29) is 0 Å². The summed E-state index contributed by atoms with van der Waals surface area (Å²) < 4.78 is 14.7. The lowest BCUT2D eigenvalue weighted by Gasteiger charge is -2.04. The van der Waals surface area contributed by atoms with Gasteiger partial charge in [0.1, 0.15) is 0 Å². The van der Waals surface area contributed by atoms with Crippen LogP contribution in [-0.4, -0.2) is 16.3 Å². The molecule has 0 aliphatic rings. The Bertz CT molecular complexity index is 774. The summed E-state index contributed by atoms with van der Waals surface area (Å²) in [4.78, 5) is 20.2. The number of aromatic nitrogens is 2. The third kappa shape index (κ3) is 3.01. The molecule has 3 aromatic heterocycles. The second-order valence-electron chi connectivity index (χ2n) is 4.09. The van der Waals surface area contributed by atoms with Crippen LogP contribution in [0.2, 0.25) is 0 Å². The molecule has 0 amide bonds. The van der Waals surface area contributed by atoms with Crippen molar-refractivity contribution in [2.45, 2.75) is 9.10 Å². The fourth-order valence-electron chi connectivity index (χ4n) is 1.81.